The molecule has 15 heavy (non-hydrogen) atoms. The summed E-state index contributed by atoms with van der Waals surface area (Å²) in [7, 11) is 1.90. The van der Waals surface area contributed by atoms with Gasteiger partial charge in [0.2, 0.25) is 0 Å². The number of aromatic nitrogens is 4. The molecule has 0 bridgehead atoms. The molecule has 0 amide bonds. The van der Waals surface area contributed by atoms with Crippen molar-refractivity contribution in [3.8, 4) is 0 Å². The number of nitrogen functional groups attached to an aromatic ring is 1. The standard InChI is InChI=1S/C9H12IN5/c1-6(7-3-12-14(2)5-7)15-9(11)8(10)4-13-15/h3-6H,11H2,1-2H3. The average molecular weight is 317 g/mol. The van der Waals surface area contributed by atoms with Crippen molar-refractivity contribution < 1.29 is 0 Å². The minimum Gasteiger partial charge on any atom is -0.383 e. The normalized spacial score (nSPS) is 13.0. The fourth-order valence-electron chi connectivity index (χ4n) is 1.46. The van der Waals surface area contributed by atoms with Crippen molar-refractivity contribution in [2.45, 2.75) is 13.0 Å². The second-order valence-electron chi connectivity index (χ2n) is 3.45. The van der Waals surface area contributed by atoms with E-state index in [0.717, 1.165) is 9.13 Å². The molecule has 0 fully saturated rings. The van der Waals surface area contributed by atoms with Crippen LogP contribution in [-0.4, -0.2) is 19.6 Å². The summed E-state index contributed by atoms with van der Waals surface area (Å²) >= 11 is 2.17. The molecule has 0 radical (unpaired) electrons. The number of halogens is 1. The van der Waals surface area contributed by atoms with Crippen LogP contribution in [0.1, 0.15) is 18.5 Å². The van der Waals surface area contributed by atoms with Gasteiger partial charge in [0.25, 0.3) is 0 Å². The van der Waals surface area contributed by atoms with E-state index in [4.69, 9.17) is 5.73 Å². The fourth-order valence-corrected chi connectivity index (χ4v) is 1.83. The fraction of sp³-hybridized carbons (Fsp3) is 0.333. The highest BCUT2D eigenvalue weighted by Gasteiger charge is 2.14. The van der Waals surface area contributed by atoms with Crippen LogP contribution in [0.25, 0.3) is 0 Å². The van der Waals surface area contributed by atoms with Crippen LogP contribution in [0.2, 0.25) is 0 Å². The second-order valence-corrected chi connectivity index (χ2v) is 4.61. The Morgan fingerprint density at radius 3 is 2.60 bits per heavy atom. The van der Waals surface area contributed by atoms with Gasteiger partial charge < -0.3 is 5.73 Å². The summed E-state index contributed by atoms with van der Waals surface area (Å²) in [5.74, 6) is 0.701. The first kappa shape index (κ1) is 10.5. The predicted octanol–water partition coefficient (Wildman–Crippen LogP) is 1.41. The van der Waals surface area contributed by atoms with Crippen molar-refractivity contribution in [2.24, 2.45) is 7.05 Å². The molecule has 2 aromatic heterocycles. The number of anilines is 1. The van der Waals surface area contributed by atoms with Crippen LogP contribution < -0.4 is 5.73 Å². The monoisotopic (exact) mass is 317 g/mol. The smallest absolute Gasteiger partial charge is 0.135 e. The van der Waals surface area contributed by atoms with Crippen molar-refractivity contribution in [2.75, 3.05) is 5.73 Å². The Labute approximate surface area is 101 Å². The SMILES string of the molecule is CC(c1cnn(C)c1)n1ncc(I)c1N. The molecule has 0 aromatic carbocycles. The summed E-state index contributed by atoms with van der Waals surface area (Å²) < 4.78 is 4.55. The van der Waals surface area contributed by atoms with E-state index in [1.807, 2.05) is 19.4 Å². The summed E-state index contributed by atoms with van der Waals surface area (Å²) in [5.41, 5.74) is 7.01. The third-order valence-corrected chi connectivity index (χ3v) is 3.19. The van der Waals surface area contributed by atoms with Crippen LogP contribution in [0.4, 0.5) is 5.82 Å². The van der Waals surface area contributed by atoms with E-state index in [1.165, 1.54) is 0 Å². The van der Waals surface area contributed by atoms with E-state index in [2.05, 4.69) is 39.7 Å². The summed E-state index contributed by atoms with van der Waals surface area (Å²) in [5, 5.41) is 8.38. The molecular formula is C9H12IN5. The van der Waals surface area contributed by atoms with Gasteiger partial charge in [0, 0.05) is 18.8 Å². The van der Waals surface area contributed by atoms with Gasteiger partial charge in [0.1, 0.15) is 5.82 Å². The van der Waals surface area contributed by atoms with Crippen LogP contribution in [0.5, 0.6) is 0 Å². The van der Waals surface area contributed by atoms with Crippen LogP contribution in [0, 0.1) is 3.57 Å². The minimum absolute atomic E-state index is 0.113. The van der Waals surface area contributed by atoms with Crippen molar-refractivity contribution in [3.63, 3.8) is 0 Å². The topological polar surface area (TPSA) is 61.7 Å². The van der Waals surface area contributed by atoms with Gasteiger partial charge in [-0.05, 0) is 29.5 Å². The number of nitrogens with zero attached hydrogens (tertiary/aromatic N) is 4. The van der Waals surface area contributed by atoms with Gasteiger partial charge in [0.05, 0.1) is 22.0 Å². The number of hydrogen-bond acceptors (Lipinski definition) is 3. The molecule has 1 unspecified atom stereocenters. The summed E-state index contributed by atoms with van der Waals surface area (Å²) in [6.07, 6.45) is 5.57. The Bertz CT molecular complexity index is 473. The first-order chi connectivity index (χ1) is 7.09. The number of rotatable bonds is 2. The van der Waals surface area contributed by atoms with Crippen molar-refractivity contribution in [1.29, 1.82) is 0 Å². The number of hydrogen-bond donors (Lipinski definition) is 1. The van der Waals surface area contributed by atoms with Gasteiger partial charge in [-0.15, -0.1) is 0 Å². The van der Waals surface area contributed by atoms with Gasteiger partial charge in [-0.2, -0.15) is 10.2 Å². The largest absolute Gasteiger partial charge is 0.383 e. The maximum Gasteiger partial charge on any atom is 0.135 e. The molecule has 6 heteroatoms. The van der Waals surface area contributed by atoms with E-state index >= 15 is 0 Å². The molecule has 80 valence electrons. The Balaban J connectivity index is 2.36. The Hall–Kier alpha value is -1.05. The molecule has 2 rings (SSSR count). The lowest BCUT2D eigenvalue weighted by molar-refractivity contribution is 0.572. The van der Waals surface area contributed by atoms with E-state index in [0.29, 0.717) is 5.82 Å². The molecule has 0 aliphatic carbocycles. The highest BCUT2D eigenvalue weighted by molar-refractivity contribution is 14.1. The average Bonchev–Trinajstić information content (AvgIpc) is 2.75. The molecule has 0 spiro atoms. The van der Waals surface area contributed by atoms with Crippen molar-refractivity contribution in [1.82, 2.24) is 19.6 Å². The van der Waals surface area contributed by atoms with Gasteiger partial charge >= 0.3 is 0 Å². The summed E-state index contributed by atoms with van der Waals surface area (Å²) in [4.78, 5) is 0. The molecule has 2 aromatic rings. The summed E-state index contributed by atoms with van der Waals surface area (Å²) in [6.45, 7) is 2.05. The Morgan fingerprint density at radius 1 is 1.40 bits per heavy atom. The zero-order chi connectivity index (χ0) is 11.0. The quantitative estimate of drug-likeness (QED) is 0.852. The lowest BCUT2D eigenvalue weighted by Crippen LogP contribution is -2.11. The second kappa shape index (κ2) is 3.84. The Morgan fingerprint density at radius 2 is 2.13 bits per heavy atom. The van der Waals surface area contributed by atoms with Crippen LogP contribution in [0.15, 0.2) is 18.6 Å². The summed E-state index contributed by atoms with van der Waals surface area (Å²) in [6, 6.07) is 0.113. The predicted molar refractivity (Wildman–Crippen MR) is 66.4 cm³/mol. The molecule has 0 saturated heterocycles. The van der Waals surface area contributed by atoms with E-state index in [-0.39, 0.29) is 6.04 Å². The molecular weight excluding hydrogens is 305 g/mol. The lowest BCUT2D eigenvalue weighted by atomic mass is 10.2. The van der Waals surface area contributed by atoms with Crippen molar-refractivity contribution in [3.05, 3.63) is 27.7 Å². The molecule has 0 saturated carbocycles. The highest BCUT2D eigenvalue weighted by Crippen LogP contribution is 2.22. The van der Waals surface area contributed by atoms with E-state index in [1.54, 1.807) is 15.6 Å². The van der Waals surface area contributed by atoms with Crippen LogP contribution in [-0.2, 0) is 7.05 Å². The molecule has 5 nitrogen and oxygen atoms in total. The van der Waals surface area contributed by atoms with E-state index in [9.17, 15) is 0 Å². The minimum atomic E-state index is 0.113. The van der Waals surface area contributed by atoms with Crippen LogP contribution in [0.3, 0.4) is 0 Å². The zero-order valence-corrected chi connectivity index (χ0v) is 10.7. The van der Waals surface area contributed by atoms with Crippen molar-refractivity contribution >= 4 is 28.4 Å². The maximum absolute atomic E-state index is 5.91. The molecule has 2 heterocycles. The van der Waals surface area contributed by atoms with Gasteiger partial charge in [-0.3, -0.25) is 4.68 Å². The first-order valence-corrected chi connectivity index (χ1v) is 5.64. The molecule has 2 N–H and O–H groups in total. The van der Waals surface area contributed by atoms with Gasteiger partial charge in [-0.1, -0.05) is 0 Å². The van der Waals surface area contributed by atoms with Gasteiger partial charge in [0.15, 0.2) is 0 Å². The number of aryl methyl sites for hydroxylation is 1. The third kappa shape index (κ3) is 1.85. The molecule has 1 atom stereocenters. The van der Waals surface area contributed by atoms with Gasteiger partial charge in [-0.25, -0.2) is 4.68 Å². The lowest BCUT2D eigenvalue weighted by Gasteiger charge is -2.11. The highest BCUT2D eigenvalue weighted by atomic mass is 127. The molecule has 0 aliphatic heterocycles. The Kier molecular flexibility index (Phi) is 2.68. The zero-order valence-electron chi connectivity index (χ0n) is 8.55. The van der Waals surface area contributed by atoms with E-state index < -0.39 is 0 Å². The third-order valence-electron chi connectivity index (χ3n) is 2.36. The number of nitrogens with two attached hydrogens (primary N) is 1. The first-order valence-electron chi connectivity index (χ1n) is 4.56. The molecule has 0 aliphatic rings. The van der Waals surface area contributed by atoms with Crippen LogP contribution >= 0.6 is 22.6 Å². The maximum atomic E-state index is 5.91.